The highest BCUT2D eigenvalue weighted by Gasteiger charge is 2.43. The van der Waals surface area contributed by atoms with E-state index in [2.05, 4.69) is 4.98 Å². The number of carbonyl (C=O) groups is 3. The van der Waals surface area contributed by atoms with Gasteiger partial charge in [-0.3, -0.25) is 24.2 Å². The topological polar surface area (TPSA) is 99.8 Å². The molecule has 1 aromatic carbocycles. The summed E-state index contributed by atoms with van der Waals surface area (Å²) >= 11 is 1.25. The number of benzene rings is 1. The van der Waals surface area contributed by atoms with Crippen molar-refractivity contribution in [2.24, 2.45) is 5.73 Å². The van der Waals surface area contributed by atoms with Crippen molar-refractivity contribution in [1.82, 2.24) is 14.8 Å². The first-order chi connectivity index (χ1) is 16.5. The third-order valence-electron chi connectivity index (χ3n) is 5.99. The summed E-state index contributed by atoms with van der Waals surface area (Å²) in [4.78, 5) is 46.8. The van der Waals surface area contributed by atoms with Crippen molar-refractivity contribution < 1.29 is 27.6 Å². The van der Waals surface area contributed by atoms with Crippen LogP contribution in [0.25, 0.3) is 0 Å². The molecule has 35 heavy (non-hydrogen) atoms. The molecular formula is C23H28F3N5O3S. The Kier molecular flexibility index (Phi) is 8.49. The number of piperazine rings is 1. The highest BCUT2D eigenvalue weighted by Crippen LogP contribution is 2.29. The number of anilines is 1. The standard InChI is InChI=1S/C23H28F3N5O3S/c1-22(21(27)34,13-17-5-3-2-4-6-17)31(18-14-35-16-28-18)20(33)8-7-19(32)30-11-9-29(10-12-30)15-23(24,25)26/h2-6,14,16H,7-13,15H2,1H3,(H2,27,34)/t22-/m1/s1. The summed E-state index contributed by atoms with van der Waals surface area (Å²) in [7, 11) is 0. The highest BCUT2D eigenvalue weighted by atomic mass is 32.1. The third kappa shape index (κ3) is 7.01. The van der Waals surface area contributed by atoms with E-state index in [0.717, 1.165) is 5.56 Å². The number of carbonyl (C=O) groups excluding carboxylic acids is 3. The molecule has 0 spiro atoms. The van der Waals surface area contributed by atoms with Gasteiger partial charge in [0, 0.05) is 50.8 Å². The van der Waals surface area contributed by atoms with Gasteiger partial charge in [-0.2, -0.15) is 13.2 Å². The van der Waals surface area contributed by atoms with E-state index in [4.69, 9.17) is 5.73 Å². The second-order valence-corrected chi connectivity index (χ2v) is 9.37. The molecule has 0 bridgehead atoms. The van der Waals surface area contributed by atoms with E-state index in [0.29, 0.717) is 0 Å². The van der Waals surface area contributed by atoms with Gasteiger partial charge < -0.3 is 10.6 Å². The molecule has 0 aliphatic carbocycles. The van der Waals surface area contributed by atoms with Crippen molar-refractivity contribution in [1.29, 1.82) is 0 Å². The first-order valence-corrected chi connectivity index (χ1v) is 12.1. The molecule has 3 amide bonds. The summed E-state index contributed by atoms with van der Waals surface area (Å²) in [5.41, 5.74) is 6.68. The number of nitrogens with zero attached hydrogens (tertiary/aromatic N) is 4. The van der Waals surface area contributed by atoms with E-state index in [1.807, 2.05) is 30.3 Å². The fourth-order valence-corrected chi connectivity index (χ4v) is 4.65. The quantitative estimate of drug-likeness (QED) is 0.558. The molecule has 2 N–H and O–H groups in total. The molecule has 8 nitrogen and oxygen atoms in total. The lowest BCUT2D eigenvalue weighted by molar-refractivity contribution is -0.152. The van der Waals surface area contributed by atoms with Crippen LogP contribution in [0.4, 0.5) is 19.0 Å². The summed E-state index contributed by atoms with van der Waals surface area (Å²) in [5, 5.41) is 1.63. The van der Waals surface area contributed by atoms with E-state index in [9.17, 15) is 27.6 Å². The van der Waals surface area contributed by atoms with Crippen molar-refractivity contribution in [2.75, 3.05) is 37.6 Å². The molecule has 190 valence electrons. The Bertz CT molecular complexity index is 1010. The number of primary amides is 1. The first-order valence-electron chi connectivity index (χ1n) is 11.1. The fraction of sp³-hybridized carbons (Fsp3) is 0.478. The molecule has 0 saturated carbocycles. The maximum absolute atomic E-state index is 13.4. The number of alkyl halides is 3. The Morgan fingerprint density at radius 2 is 1.74 bits per heavy atom. The average Bonchev–Trinajstić information content (AvgIpc) is 3.31. The highest BCUT2D eigenvalue weighted by molar-refractivity contribution is 7.07. The Morgan fingerprint density at radius 3 is 2.29 bits per heavy atom. The molecule has 3 rings (SSSR count). The van der Waals surface area contributed by atoms with Gasteiger partial charge in [-0.15, -0.1) is 11.3 Å². The molecule has 1 aliphatic rings. The number of nitrogens with two attached hydrogens (primary N) is 1. The Hall–Kier alpha value is -2.99. The van der Waals surface area contributed by atoms with Gasteiger partial charge in [-0.05, 0) is 12.5 Å². The number of hydrogen-bond donors (Lipinski definition) is 1. The smallest absolute Gasteiger partial charge is 0.368 e. The fourth-order valence-electron chi connectivity index (χ4n) is 4.13. The Balaban J connectivity index is 1.68. The zero-order chi connectivity index (χ0) is 25.6. The van der Waals surface area contributed by atoms with Crippen LogP contribution >= 0.6 is 11.3 Å². The predicted octanol–water partition coefficient (Wildman–Crippen LogP) is 2.45. The largest absolute Gasteiger partial charge is 0.401 e. The number of rotatable bonds is 9. The van der Waals surface area contributed by atoms with Crippen molar-refractivity contribution in [3.05, 3.63) is 46.8 Å². The lowest BCUT2D eigenvalue weighted by Crippen LogP contribution is -2.60. The van der Waals surface area contributed by atoms with Crippen LogP contribution in [0.15, 0.2) is 41.2 Å². The molecular weight excluding hydrogens is 483 g/mol. The minimum absolute atomic E-state index is 0.112. The first kappa shape index (κ1) is 26.6. The van der Waals surface area contributed by atoms with Crippen LogP contribution in [-0.2, 0) is 20.8 Å². The lowest BCUT2D eigenvalue weighted by Gasteiger charge is -2.38. The van der Waals surface area contributed by atoms with Crippen LogP contribution in [0.3, 0.4) is 0 Å². The minimum Gasteiger partial charge on any atom is -0.368 e. The van der Waals surface area contributed by atoms with E-state index in [1.165, 1.54) is 31.5 Å². The summed E-state index contributed by atoms with van der Waals surface area (Å²) in [6, 6.07) is 9.13. The molecule has 1 aliphatic heterocycles. The van der Waals surface area contributed by atoms with Crippen molar-refractivity contribution >= 4 is 34.9 Å². The van der Waals surface area contributed by atoms with Crippen LogP contribution in [0, 0.1) is 0 Å². The van der Waals surface area contributed by atoms with E-state index >= 15 is 0 Å². The summed E-state index contributed by atoms with van der Waals surface area (Å²) in [5.74, 6) is -1.26. The molecule has 0 unspecified atom stereocenters. The molecule has 12 heteroatoms. The van der Waals surface area contributed by atoms with Gasteiger partial charge in [0.15, 0.2) is 0 Å². The number of hydrogen-bond acceptors (Lipinski definition) is 6. The molecule has 2 heterocycles. The zero-order valence-corrected chi connectivity index (χ0v) is 20.1. The van der Waals surface area contributed by atoms with Gasteiger partial charge in [0.1, 0.15) is 11.4 Å². The summed E-state index contributed by atoms with van der Waals surface area (Å²) in [6.07, 6.45) is -4.47. The second-order valence-electron chi connectivity index (χ2n) is 8.65. The van der Waals surface area contributed by atoms with Gasteiger partial charge >= 0.3 is 6.18 Å². The maximum Gasteiger partial charge on any atom is 0.401 e. The Labute approximate surface area is 205 Å². The third-order valence-corrected chi connectivity index (χ3v) is 6.57. The molecule has 1 aromatic heterocycles. The molecule has 1 saturated heterocycles. The lowest BCUT2D eigenvalue weighted by atomic mass is 9.89. The van der Waals surface area contributed by atoms with Gasteiger partial charge in [0.2, 0.25) is 17.7 Å². The van der Waals surface area contributed by atoms with Crippen LogP contribution in [0.2, 0.25) is 0 Å². The van der Waals surface area contributed by atoms with E-state index in [-0.39, 0.29) is 57.2 Å². The number of aromatic nitrogens is 1. The summed E-state index contributed by atoms with van der Waals surface area (Å²) in [6.45, 7) is 1.10. The van der Waals surface area contributed by atoms with Gasteiger partial charge in [0.25, 0.3) is 0 Å². The minimum atomic E-state index is -4.29. The number of amides is 3. The van der Waals surface area contributed by atoms with Crippen LogP contribution in [0.1, 0.15) is 25.3 Å². The normalized spacial score (nSPS) is 16.5. The van der Waals surface area contributed by atoms with Crippen molar-refractivity contribution in [3.8, 4) is 0 Å². The van der Waals surface area contributed by atoms with Crippen LogP contribution in [-0.4, -0.2) is 76.9 Å². The van der Waals surface area contributed by atoms with Crippen molar-refractivity contribution in [3.63, 3.8) is 0 Å². The Morgan fingerprint density at radius 1 is 1.09 bits per heavy atom. The van der Waals surface area contributed by atoms with E-state index in [1.54, 1.807) is 12.3 Å². The van der Waals surface area contributed by atoms with Gasteiger partial charge in [0.05, 0.1) is 12.1 Å². The second kappa shape index (κ2) is 11.2. The number of halogens is 3. The molecule has 1 fully saturated rings. The molecule has 1 atom stereocenters. The number of thiazole rings is 1. The monoisotopic (exact) mass is 511 g/mol. The van der Waals surface area contributed by atoms with Gasteiger partial charge in [-0.1, -0.05) is 30.3 Å². The molecule has 2 aromatic rings. The van der Waals surface area contributed by atoms with E-state index < -0.39 is 30.1 Å². The van der Waals surface area contributed by atoms with Gasteiger partial charge in [-0.25, -0.2) is 4.98 Å². The molecule has 0 radical (unpaired) electrons. The maximum atomic E-state index is 13.4. The van der Waals surface area contributed by atoms with Crippen molar-refractivity contribution in [2.45, 2.75) is 37.9 Å². The summed E-state index contributed by atoms with van der Waals surface area (Å²) < 4.78 is 37.8. The SMILES string of the molecule is C[C@@](Cc1ccccc1)(C(N)=O)N(C(=O)CCC(=O)N1CCN(CC(F)(F)F)CC1)c1cscn1. The van der Waals surface area contributed by atoms with Crippen LogP contribution < -0.4 is 10.6 Å². The predicted molar refractivity (Wildman–Crippen MR) is 126 cm³/mol. The average molecular weight is 512 g/mol. The zero-order valence-electron chi connectivity index (χ0n) is 19.3. The van der Waals surface area contributed by atoms with Crippen LogP contribution in [0.5, 0.6) is 0 Å².